The summed E-state index contributed by atoms with van der Waals surface area (Å²) in [6.45, 7) is 7.40. The number of anilines is 2. The van der Waals surface area contributed by atoms with Crippen molar-refractivity contribution in [2.75, 3.05) is 16.8 Å². The normalized spacial score (nSPS) is 10.6. The maximum Gasteiger partial charge on any atom is 0.335 e. The monoisotopic (exact) mass is 368 g/mol. The predicted octanol–water partition coefficient (Wildman–Crippen LogP) is 3.63. The number of carbonyl (C=O) groups is 3. The number of hydrogen-bond donors (Lipinski definition) is 2. The molecule has 2 N–H and O–H groups in total. The van der Waals surface area contributed by atoms with Gasteiger partial charge >= 0.3 is 5.97 Å². The maximum atomic E-state index is 12.6. The van der Waals surface area contributed by atoms with Crippen LogP contribution in [0.25, 0.3) is 0 Å². The first-order valence-electron chi connectivity index (χ1n) is 8.71. The fourth-order valence-electron chi connectivity index (χ4n) is 2.54. The van der Waals surface area contributed by atoms with Crippen LogP contribution in [0.4, 0.5) is 11.4 Å². The molecule has 6 nitrogen and oxygen atoms in total. The Balaban J connectivity index is 2.18. The zero-order chi connectivity index (χ0) is 20.1. The maximum absolute atomic E-state index is 12.6. The van der Waals surface area contributed by atoms with Crippen LogP contribution >= 0.6 is 0 Å². The summed E-state index contributed by atoms with van der Waals surface area (Å²) < 4.78 is 0. The highest BCUT2D eigenvalue weighted by Crippen LogP contribution is 2.21. The molecule has 0 radical (unpaired) electrons. The van der Waals surface area contributed by atoms with Gasteiger partial charge in [0.25, 0.3) is 0 Å². The Hall–Kier alpha value is -3.15. The minimum atomic E-state index is -1.03. The number of aryl methyl sites for hydroxylation is 2. The van der Waals surface area contributed by atoms with Gasteiger partial charge in [-0.1, -0.05) is 19.9 Å². The molecular formula is C21H24N2O4. The van der Waals surface area contributed by atoms with Crippen LogP contribution in [0.2, 0.25) is 0 Å². The highest BCUT2D eigenvalue weighted by Gasteiger charge is 2.22. The van der Waals surface area contributed by atoms with Crippen molar-refractivity contribution in [3.63, 3.8) is 0 Å². The molecule has 0 aliphatic heterocycles. The molecular weight excluding hydrogens is 344 g/mol. The van der Waals surface area contributed by atoms with E-state index in [9.17, 15) is 14.4 Å². The molecule has 0 aliphatic rings. The van der Waals surface area contributed by atoms with Gasteiger partial charge in [0.2, 0.25) is 11.8 Å². The summed E-state index contributed by atoms with van der Waals surface area (Å²) in [5.74, 6) is -1.79. The van der Waals surface area contributed by atoms with Crippen LogP contribution in [-0.2, 0) is 9.59 Å². The quantitative estimate of drug-likeness (QED) is 0.815. The summed E-state index contributed by atoms with van der Waals surface area (Å²) in [7, 11) is 0. The van der Waals surface area contributed by atoms with E-state index in [0.717, 1.165) is 11.1 Å². The van der Waals surface area contributed by atoms with Gasteiger partial charge in [0.05, 0.1) is 5.56 Å². The molecule has 0 saturated heterocycles. The third-order valence-corrected chi connectivity index (χ3v) is 4.28. The highest BCUT2D eigenvalue weighted by molar-refractivity contribution is 6.03. The average molecular weight is 368 g/mol. The van der Waals surface area contributed by atoms with E-state index in [1.54, 1.807) is 13.8 Å². The molecule has 142 valence electrons. The number of rotatable bonds is 6. The van der Waals surface area contributed by atoms with E-state index < -0.39 is 5.97 Å². The molecule has 0 atom stereocenters. The van der Waals surface area contributed by atoms with Gasteiger partial charge in [-0.2, -0.15) is 0 Å². The highest BCUT2D eigenvalue weighted by atomic mass is 16.4. The van der Waals surface area contributed by atoms with E-state index in [1.807, 2.05) is 32.0 Å². The molecule has 0 aliphatic carbocycles. The largest absolute Gasteiger partial charge is 0.478 e. The van der Waals surface area contributed by atoms with Crippen molar-refractivity contribution in [1.82, 2.24) is 0 Å². The molecule has 6 heteroatoms. The molecule has 0 heterocycles. The van der Waals surface area contributed by atoms with Crippen molar-refractivity contribution >= 4 is 29.2 Å². The lowest BCUT2D eigenvalue weighted by Gasteiger charge is -2.25. The van der Waals surface area contributed by atoms with Crippen molar-refractivity contribution in [2.24, 2.45) is 5.92 Å². The lowest BCUT2D eigenvalue weighted by Crippen LogP contribution is -2.40. The standard InChI is InChI=1S/C21H24N2O4/c1-13(2)20(25)23(18-10-5-14(3)15(4)11-18)12-19(24)22-17-8-6-16(7-9-17)21(26)27/h5-11,13H,12H2,1-4H3,(H,22,24)(H,26,27). The first-order chi connectivity index (χ1) is 12.7. The molecule has 0 saturated carbocycles. The smallest absolute Gasteiger partial charge is 0.335 e. The third kappa shape index (κ3) is 5.17. The lowest BCUT2D eigenvalue weighted by atomic mass is 10.1. The fraction of sp³-hybridized carbons (Fsp3) is 0.286. The molecule has 27 heavy (non-hydrogen) atoms. The minimum absolute atomic E-state index is 0.125. The van der Waals surface area contributed by atoms with Crippen LogP contribution < -0.4 is 10.2 Å². The molecule has 0 spiro atoms. The number of carboxylic acid groups (broad SMARTS) is 1. The van der Waals surface area contributed by atoms with Gasteiger partial charge in [-0.05, 0) is 61.4 Å². The third-order valence-electron chi connectivity index (χ3n) is 4.28. The first kappa shape index (κ1) is 20.2. The summed E-state index contributed by atoms with van der Waals surface area (Å²) in [5.41, 5.74) is 3.44. The van der Waals surface area contributed by atoms with E-state index in [1.165, 1.54) is 29.2 Å². The number of aromatic carboxylic acids is 1. The molecule has 0 bridgehead atoms. The molecule has 0 aromatic heterocycles. The van der Waals surface area contributed by atoms with Gasteiger partial charge < -0.3 is 15.3 Å². The number of hydrogen-bond acceptors (Lipinski definition) is 3. The van der Waals surface area contributed by atoms with Crippen molar-refractivity contribution in [1.29, 1.82) is 0 Å². The summed E-state index contributed by atoms with van der Waals surface area (Å²) in [6, 6.07) is 11.5. The van der Waals surface area contributed by atoms with Gasteiger partial charge in [0.1, 0.15) is 6.54 Å². The second-order valence-electron chi connectivity index (χ2n) is 6.78. The summed E-state index contributed by atoms with van der Waals surface area (Å²) in [4.78, 5) is 37.5. The summed E-state index contributed by atoms with van der Waals surface area (Å²) in [6.07, 6.45) is 0. The molecule has 2 aromatic carbocycles. The van der Waals surface area contributed by atoms with Crippen molar-refractivity contribution in [3.8, 4) is 0 Å². The second kappa shape index (κ2) is 8.49. The Labute approximate surface area is 158 Å². The Morgan fingerprint density at radius 1 is 1.00 bits per heavy atom. The van der Waals surface area contributed by atoms with Gasteiger partial charge in [-0.25, -0.2) is 4.79 Å². The molecule has 2 amide bonds. The molecule has 0 unspecified atom stereocenters. The van der Waals surface area contributed by atoms with E-state index in [0.29, 0.717) is 11.4 Å². The number of nitrogens with zero attached hydrogens (tertiary/aromatic N) is 1. The first-order valence-corrected chi connectivity index (χ1v) is 8.71. The van der Waals surface area contributed by atoms with E-state index >= 15 is 0 Å². The van der Waals surface area contributed by atoms with Crippen LogP contribution in [0.3, 0.4) is 0 Å². The van der Waals surface area contributed by atoms with Crippen LogP contribution in [0.15, 0.2) is 42.5 Å². The average Bonchev–Trinajstić information content (AvgIpc) is 2.62. The van der Waals surface area contributed by atoms with Crippen LogP contribution in [0.5, 0.6) is 0 Å². The minimum Gasteiger partial charge on any atom is -0.478 e. The number of carboxylic acids is 1. The topological polar surface area (TPSA) is 86.7 Å². The van der Waals surface area contributed by atoms with Crippen molar-refractivity contribution < 1.29 is 19.5 Å². The van der Waals surface area contributed by atoms with Crippen LogP contribution in [0, 0.1) is 19.8 Å². The van der Waals surface area contributed by atoms with E-state index in [-0.39, 0.29) is 29.8 Å². The zero-order valence-corrected chi connectivity index (χ0v) is 15.9. The Kier molecular flexibility index (Phi) is 6.34. The van der Waals surface area contributed by atoms with Crippen LogP contribution in [-0.4, -0.2) is 29.4 Å². The summed E-state index contributed by atoms with van der Waals surface area (Å²) >= 11 is 0. The van der Waals surface area contributed by atoms with Gasteiger partial charge in [0.15, 0.2) is 0 Å². The number of amides is 2. The Morgan fingerprint density at radius 2 is 1.63 bits per heavy atom. The SMILES string of the molecule is Cc1ccc(N(CC(=O)Nc2ccc(C(=O)O)cc2)C(=O)C(C)C)cc1C. The van der Waals surface area contributed by atoms with Gasteiger partial charge in [0, 0.05) is 17.3 Å². The molecule has 2 rings (SSSR count). The molecule has 0 fully saturated rings. The van der Waals surface area contributed by atoms with Crippen molar-refractivity contribution in [3.05, 3.63) is 59.2 Å². The molecule has 2 aromatic rings. The lowest BCUT2D eigenvalue weighted by molar-refractivity contribution is -0.123. The van der Waals surface area contributed by atoms with Gasteiger partial charge in [-0.3, -0.25) is 9.59 Å². The zero-order valence-electron chi connectivity index (χ0n) is 15.9. The fourth-order valence-corrected chi connectivity index (χ4v) is 2.54. The number of nitrogens with one attached hydrogen (secondary N) is 1. The van der Waals surface area contributed by atoms with E-state index in [4.69, 9.17) is 5.11 Å². The number of benzene rings is 2. The second-order valence-corrected chi connectivity index (χ2v) is 6.78. The predicted molar refractivity (Wildman–Crippen MR) is 105 cm³/mol. The number of carbonyl (C=O) groups excluding carboxylic acids is 2. The van der Waals surface area contributed by atoms with Crippen molar-refractivity contribution in [2.45, 2.75) is 27.7 Å². The van der Waals surface area contributed by atoms with Gasteiger partial charge in [-0.15, -0.1) is 0 Å². The van der Waals surface area contributed by atoms with Crippen LogP contribution in [0.1, 0.15) is 35.3 Å². The van der Waals surface area contributed by atoms with E-state index in [2.05, 4.69) is 5.32 Å². The Bertz CT molecular complexity index is 857. The summed E-state index contributed by atoms with van der Waals surface area (Å²) in [5, 5.41) is 11.6. The Morgan fingerprint density at radius 3 is 2.15 bits per heavy atom.